The second-order valence-electron chi connectivity index (χ2n) is 7.82. The van der Waals surface area contributed by atoms with E-state index in [1.807, 2.05) is 0 Å². The molecule has 13 heteroatoms. The topological polar surface area (TPSA) is 143 Å². The van der Waals surface area contributed by atoms with Crippen molar-refractivity contribution in [2.24, 2.45) is 0 Å². The SMILES string of the molecule is COC(=O)C(C)(C)NP(=O)(CO[C@H](C)Cn1cnc2c(N)ncnc21)O[C@@H](C)C(C)Cl. The Hall–Kier alpha value is -1.78. The fourth-order valence-electron chi connectivity index (χ4n) is 2.76. The molecule has 0 aliphatic carbocycles. The van der Waals surface area contributed by atoms with Crippen LogP contribution >= 0.6 is 19.1 Å². The number of aromatic nitrogens is 4. The molecule has 4 atom stereocenters. The zero-order valence-corrected chi connectivity index (χ0v) is 20.2. The van der Waals surface area contributed by atoms with E-state index in [0.29, 0.717) is 17.7 Å². The second-order valence-corrected chi connectivity index (χ2v) is 10.6. The Morgan fingerprint density at radius 3 is 2.61 bits per heavy atom. The van der Waals surface area contributed by atoms with Crippen molar-refractivity contribution in [3.8, 4) is 0 Å². The van der Waals surface area contributed by atoms with Gasteiger partial charge in [-0.3, -0.25) is 9.36 Å². The number of nitrogens with one attached hydrogen (secondary N) is 1. The lowest BCUT2D eigenvalue weighted by Crippen LogP contribution is -2.47. The van der Waals surface area contributed by atoms with Crippen LogP contribution in [0.25, 0.3) is 11.2 Å². The molecule has 0 aromatic carbocycles. The number of anilines is 1. The fourth-order valence-corrected chi connectivity index (χ4v) is 5.17. The van der Waals surface area contributed by atoms with E-state index in [2.05, 4.69) is 20.0 Å². The first kappa shape index (κ1) is 25.5. The Bertz CT molecular complexity index is 953. The molecule has 2 aromatic heterocycles. The molecule has 0 aliphatic rings. The van der Waals surface area contributed by atoms with Crippen molar-refractivity contribution >= 4 is 42.1 Å². The molecule has 31 heavy (non-hydrogen) atoms. The lowest BCUT2D eigenvalue weighted by Gasteiger charge is -2.32. The van der Waals surface area contributed by atoms with Gasteiger partial charge >= 0.3 is 5.97 Å². The van der Waals surface area contributed by atoms with Gasteiger partial charge in [-0.05, 0) is 34.6 Å². The summed E-state index contributed by atoms with van der Waals surface area (Å²) in [6, 6.07) is 0. The maximum Gasteiger partial charge on any atom is 0.325 e. The summed E-state index contributed by atoms with van der Waals surface area (Å²) in [5.74, 6) is -0.299. The maximum atomic E-state index is 13.5. The molecule has 2 heterocycles. The van der Waals surface area contributed by atoms with Crippen LogP contribution in [-0.2, 0) is 29.9 Å². The first-order valence-corrected chi connectivity index (χ1v) is 12.0. The van der Waals surface area contributed by atoms with Gasteiger partial charge in [0.05, 0.1) is 37.6 Å². The number of methoxy groups -OCH3 is 1. The first-order chi connectivity index (χ1) is 14.4. The van der Waals surface area contributed by atoms with Crippen LogP contribution in [0.5, 0.6) is 0 Å². The van der Waals surface area contributed by atoms with Crippen LogP contribution in [0.4, 0.5) is 5.82 Å². The van der Waals surface area contributed by atoms with E-state index in [9.17, 15) is 9.36 Å². The number of rotatable bonds is 11. The largest absolute Gasteiger partial charge is 0.468 e. The Morgan fingerprint density at radius 1 is 1.32 bits per heavy atom. The van der Waals surface area contributed by atoms with E-state index < -0.39 is 36.6 Å². The van der Waals surface area contributed by atoms with Gasteiger partial charge in [0, 0.05) is 0 Å². The molecule has 0 radical (unpaired) electrons. The van der Waals surface area contributed by atoms with Crippen LogP contribution in [0, 0.1) is 0 Å². The molecule has 2 aromatic rings. The maximum absolute atomic E-state index is 13.5. The number of nitrogens with two attached hydrogens (primary N) is 1. The van der Waals surface area contributed by atoms with Crippen molar-refractivity contribution in [3.05, 3.63) is 12.7 Å². The third kappa shape index (κ3) is 6.60. The van der Waals surface area contributed by atoms with Gasteiger partial charge in [-0.15, -0.1) is 11.6 Å². The number of fused-ring (bicyclic) bond motifs is 1. The summed E-state index contributed by atoms with van der Waals surface area (Å²) in [6.45, 7) is 8.70. The highest BCUT2D eigenvalue weighted by Gasteiger charge is 2.39. The summed E-state index contributed by atoms with van der Waals surface area (Å²) in [5.41, 5.74) is 5.61. The summed E-state index contributed by atoms with van der Waals surface area (Å²) in [5, 5.41) is 2.37. The number of carbonyl (C=O) groups excluding carboxylic acids is 1. The normalized spacial score (nSPS) is 17.1. The number of esters is 1. The molecule has 0 aliphatic heterocycles. The fraction of sp³-hybridized carbons (Fsp3) is 0.667. The molecule has 0 bridgehead atoms. The van der Waals surface area contributed by atoms with Gasteiger partial charge in [0.2, 0.25) is 0 Å². The average Bonchev–Trinajstić information content (AvgIpc) is 3.09. The van der Waals surface area contributed by atoms with E-state index in [1.165, 1.54) is 13.4 Å². The van der Waals surface area contributed by atoms with Gasteiger partial charge in [-0.2, -0.15) is 0 Å². The van der Waals surface area contributed by atoms with E-state index in [4.69, 9.17) is 31.3 Å². The third-order valence-corrected chi connectivity index (χ3v) is 6.96. The van der Waals surface area contributed by atoms with Crippen LogP contribution in [0.3, 0.4) is 0 Å². The number of carbonyl (C=O) groups is 1. The van der Waals surface area contributed by atoms with Gasteiger partial charge in [-0.25, -0.2) is 20.0 Å². The second kappa shape index (κ2) is 10.2. The molecule has 0 amide bonds. The number of hydrogen-bond donors (Lipinski definition) is 2. The number of nitrogen functional groups attached to an aromatic ring is 1. The highest BCUT2D eigenvalue weighted by atomic mass is 35.5. The van der Waals surface area contributed by atoms with E-state index in [-0.39, 0.29) is 12.2 Å². The summed E-state index contributed by atoms with van der Waals surface area (Å²) < 4.78 is 31.6. The summed E-state index contributed by atoms with van der Waals surface area (Å²) in [4.78, 5) is 24.4. The predicted molar refractivity (Wildman–Crippen MR) is 118 cm³/mol. The highest BCUT2D eigenvalue weighted by Crippen LogP contribution is 2.47. The first-order valence-electron chi connectivity index (χ1n) is 9.71. The monoisotopic (exact) mass is 476 g/mol. The quantitative estimate of drug-likeness (QED) is 0.282. The number of hydrogen-bond acceptors (Lipinski definition) is 9. The Labute approximate surface area is 186 Å². The molecule has 0 saturated heterocycles. The molecular weight excluding hydrogens is 447 g/mol. The molecule has 0 spiro atoms. The summed E-state index contributed by atoms with van der Waals surface area (Å²) in [7, 11) is -2.39. The van der Waals surface area contributed by atoms with Crippen molar-refractivity contribution in [2.45, 2.75) is 64.3 Å². The lowest BCUT2D eigenvalue weighted by molar-refractivity contribution is -0.146. The lowest BCUT2D eigenvalue weighted by atomic mass is 10.1. The minimum absolute atomic E-state index is 0.285. The summed E-state index contributed by atoms with van der Waals surface area (Å²) in [6.07, 6.45) is 1.71. The zero-order chi connectivity index (χ0) is 23.4. The van der Waals surface area contributed by atoms with Crippen molar-refractivity contribution in [3.63, 3.8) is 0 Å². The van der Waals surface area contributed by atoms with Crippen molar-refractivity contribution < 1.29 is 23.4 Å². The summed E-state index contributed by atoms with van der Waals surface area (Å²) >= 11 is 6.08. The van der Waals surface area contributed by atoms with E-state index in [0.717, 1.165) is 0 Å². The molecule has 11 nitrogen and oxygen atoms in total. The minimum atomic E-state index is -3.65. The molecule has 2 rings (SSSR count). The van der Waals surface area contributed by atoms with Gasteiger partial charge < -0.3 is 24.3 Å². The molecular formula is C18H30ClN6O5P. The number of nitrogens with zero attached hydrogens (tertiary/aromatic N) is 4. The van der Waals surface area contributed by atoms with Gasteiger partial charge in [0.25, 0.3) is 7.52 Å². The van der Waals surface area contributed by atoms with Crippen molar-refractivity contribution in [1.29, 1.82) is 0 Å². The number of halogens is 1. The zero-order valence-electron chi connectivity index (χ0n) is 18.5. The van der Waals surface area contributed by atoms with Crippen LogP contribution < -0.4 is 10.8 Å². The Kier molecular flexibility index (Phi) is 8.40. The molecule has 0 saturated carbocycles. The molecule has 2 unspecified atom stereocenters. The average molecular weight is 477 g/mol. The number of alkyl halides is 1. The Balaban J connectivity index is 2.13. The standard InChI is InChI=1S/C18H30ClN6O5P/c1-11(7-25-9-23-14-15(20)21-8-22-16(14)25)29-10-31(27,30-13(3)12(2)19)24-18(4,5)17(26)28-6/h8-9,11-13H,7,10H2,1-6H3,(H,24,27)(H2,20,21,22)/t11-,12?,13+,31?/m1/s1. The van der Waals surface area contributed by atoms with Crippen LogP contribution in [0.2, 0.25) is 0 Å². The Morgan fingerprint density at radius 2 is 2.00 bits per heavy atom. The predicted octanol–water partition coefficient (Wildman–Crippen LogP) is 2.54. The molecule has 3 N–H and O–H groups in total. The molecule has 174 valence electrons. The van der Waals surface area contributed by atoms with Crippen LogP contribution in [-0.4, -0.2) is 62.1 Å². The highest BCUT2D eigenvalue weighted by molar-refractivity contribution is 7.56. The van der Waals surface area contributed by atoms with Crippen LogP contribution in [0.15, 0.2) is 12.7 Å². The minimum Gasteiger partial charge on any atom is -0.468 e. The van der Waals surface area contributed by atoms with Crippen molar-refractivity contribution in [2.75, 3.05) is 19.2 Å². The number of ether oxygens (including phenoxy) is 2. The molecule has 0 fully saturated rings. The van der Waals surface area contributed by atoms with Gasteiger partial charge in [0.15, 0.2) is 11.5 Å². The van der Waals surface area contributed by atoms with Gasteiger partial charge in [0.1, 0.15) is 23.7 Å². The van der Waals surface area contributed by atoms with E-state index >= 15 is 0 Å². The third-order valence-electron chi connectivity index (χ3n) is 4.54. The number of imidazole rings is 1. The van der Waals surface area contributed by atoms with Gasteiger partial charge in [-0.1, -0.05) is 0 Å². The van der Waals surface area contributed by atoms with E-state index in [1.54, 1.807) is 45.5 Å². The van der Waals surface area contributed by atoms with Crippen molar-refractivity contribution in [1.82, 2.24) is 24.6 Å². The van der Waals surface area contributed by atoms with Crippen LogP contribution in [0.1, 0.15) is 34.6 Å². The smallest absolute Gasteiger partial charge is 0.325 e.